The average molecular weight is 370 g/mol. The summed E-state index contributed by atoms with van der Waals surface area (Å²) < 4.78 is 47.8. The van der Waals surface area contributed by atoms with Crippen LogP contribution >= 0.6 is 0 Å². The third kappa shape index (κ3) is 6.15. The third-order valence-electron chi connectivity index (χ3n) is 3.24. The summed E-state index contributed by atoms with van der Waals surface area (Å²) in [6, 6.07) is 7.57. The van der Waals surface area contributed by atoms with E-state index < -0.39 is 17.6 Å². The lowest BCUT2D eigenvalue weighted by molar-refractivity contribution is -0.137. The summed E-state index contributed by atoms with van der Waals surface area (Å²) in [4.78, 5) is 23.2. The fourth-order valence-electron chi connectivity index (χ4n) is 1.99. The predicted octanol–water partition coefficient (Wildman–Crippen LogP) is 2.61. The third-order valence-corrected chi connectivity index (χ3v) is 3.24. The van der Waals surface area contributed by atoms with Crippen molar-refractivity contribution in [3.63, 3.8) is 0 Å². The van der Waals surface area contributed by atoms with Crippen molar-refractivity contribution in [3.8, 4) is 5.75 Å². The first-order valence-corrected chi connectivity index (χ1v) is 7.75. The second-order valence-electron chi connectivity index (χ2n) is 5.21. The fraction of sp³-hybridized carbons (Fsp3) is 0.294. The van der Waals surface area contributed by atoms with Crippen LogP contribution in [-0.2, 0) is 11.0 Å². The van der Waals surface area contributed by atoms with E-state index >= 15 is 0 Å². The number of amides is 2. The molecule has 0 aliphatic carbocycles. The lowest BCUT2D eigenvalue weighted by Crippen LogP contribution is -2.32. The van der Waals surface area contributed by atoms with Crippen LogP contribution in [0.2, 0.25) is 0 Å². The molecule has 2 amide bonds. The standard InChI is InChI=1S/C17H17F3N2O4/c18-17(19,20)12-3-1-4-13(11-12)25-10-8-21-15(23)6-7-22-16(24)14-5-2-9-26-14/h1-5,9,11H,6-8,10H2,(H,21,23)(H,22,24). The van der Waals surface area contributed by atoms with E-state index in [1.165, 1.54) is 24.5 Å². The topological polar surface area (TPSA) is 80.6 Å². The molecule has 0 aliphatic heterocycles. The van der Waals surface area contributed by atoms with Crippen LogP contribution in [0.25, 0.3) is 0 Å². The zero-order valence-electron chi connectivity index (χ0n) is 13.6. The number of hydrogen-bond donors (Lipinski definition) is 2. The van der Waals surface area contributed by atoms with E-state index in [0.29, 0.717) is 0 Å². The van der Waals surface area contributed by atoms with Crippen LogP contribution in [0.3, 0.4) is 0 Å². The normalized spacial score (nSPS) is 11.0. The van der Waals surface area contributed by atoms with Crippen molar-refractivity contribution in [3.05, 3.63) is 54.0 Å². The van der Waals surface area contributed by atoms with Crippen molar-refractivity contribution in [1.82, 2.24) is 10.6 Å². The quantitative estimate of drug-likeness (QED) is 0.700. The van der Waals surface area contributed by atoms with Gasteiger partial charge in [0.1, 0.15) is 12.4 Å². The van der Waals surface area contributed by atoms with Gasteiger partial charge in [-0.25, -0.2) is 0 Å². The van der Waals surface area contributed by atoms with Gasteiger partial charge in [-0.15, -0.1) is 0 Å². The smallest absolute Gasteiger partial charge is 0.416 e. The second kappa shape index (κ2) is 8.93. The summed E-state index contributed by atoms with van der Waals surface area (Å²) in [6.45, 7) is 0.271. The van der Waals surface area contributed by atoms with Gasteiger partial charge in [-0.3, -0.25) is 9.59 Å². The number of halogens is 3. The van der Waals surface area contributed by atoms with Gasteiger partial charge in [0.2, 0.25) is 5.91 Å². The maximum absolute atomic E-state index is 12.6. The molecule has 0 unspecified atom stereocenters. The summed E-state index contributed by atoms with van der Waals surface area (Å²) in [5.74, 6) is -0.521. The molecule has 2 N–H and O–H groups in total. The highest BCUT2D eigenvalue weighted by molar-refractivity contribution is 5.91. The Morgan fingerprint density at radius 3 is 2.58 bits per heavy atom. The largest absolute Gasteiger partial charge is 0.492 e. The van der Waals surface area contributed by atoms with Crippen molar-refractivity contribution in [2.24, 2.45) is 0 Å². The zero-order chi connectivity index (χ0) is 19.0. The van der Waals surface area contributed by atoms with Crippen LogP contribution in [-0.4, -0.2) is 31.5 Å². The van der Waals surface area contributed by atoms with Crippen molar-refractivity contribution in [1.29, 1.82) is 0 Å². The summed E-state index contributed by atoms with van der Waals surface area (Å²) in [5.41, 5.74) is -0.800. The highest BCUT2D eigenvalue weighted by Gasteiger charge is 2.30. The monoisotopic (exact) mass is 370 g/mol. The van der Waals surface area contributed by atoms with E-state index in [9.17, 15) is 22.8 Å². The molecule has 6 nitrogen and oxygen atoms in total. The first-order valence-electron chi connectivity index (χ1n) is 7.75. The Bertz CT molecular complexity index is 730. The Kier molecular flexibility index (Phi) is 6.65. The van der Waals surface area contributed by atoms with Gasteiger partial charge in [0.25, 0.3) is 5.91 Å². The van der Waals surface area contributed by atoms with Gasteiger partial charge in [0.05, 0.1) is 18.4 Å². The molecule has 1 aromatic carbocycles. The van der Waals surface area contributed by atoms with Gasteiger partial charge in [0.15, 0.2) is 5.76 Å². The van der Waals surface area contributed by atoms with Crippen LogP contribution in [0.5, 0.6) is 5.75 Å². The molecule has 2 rings (SSSR count). The Labute approximate surface area is 147 Å². The minimum absolute atomic E-state index is 0.0196. The van der Waals surface area contributed by atoms with Gasteiger partial charge >= 0.3 is 6.18 Å². The van der Waals surface area contributed by atoms with Crippen molar-refractivity contribution >= 4 is 11.8 Å². The van der Waals surface area contributed by atoms with Crippen LogP contribution in [0.15, 0.2) is 47.1 Å². The number of ether oxygens (including phenoxy) is 1. The molecular formula is C17H17F3N2O4. The van der Waals surface area contributed by atoms with E-state index in [-0.39, 0.29) is 43.5 Å². The van der Waals surface area contributed by atoms with Crippen molar-refractivity contribution < 1.29 is 31.9 Å². The summed E-state index contributed by atoms with van der Waals surface area (Å²) >= 11 is 0. The van der Waals surface area contributed by atoms with Crippen LogP contribution in [0.4, 0.5) is 13.2 Å². The number of rotatable bonds is 8. The Hall–Kier alpha value is -2.97. The van der Waals surface area contributed by atoms with Crippen molar-refractivity contribution in [2.45, 2.75) is 12.6 Å². The van der Waals surface area contributed by atoms with Gasteiger partial charge in [0, 0.05) is 13.0 Å². The molecule has 0 aliphatic rings. The molecule has 0 spiro atoms. The summed E-state index contributed by atoms with van der Waals surface area (Å²) in [6.07, 6.45) is -3.02. The number of nitrogens with one attached hydrogen (secondary N) is 2. The first kappa shape index (κ1) is 19.4. The molecular weight excluding hydrogens is 353 g/mol. The molecule has 1 aromatic heterocycles. The SMILES string of the molecule is O=C(CCNC(=O)c1ccco1)NCCOc1cccc(C(F)(F)F)c1. The van der Waals surface area contributed by atoms with Crippen LogP contribution in [0.1, 0.15) is 22.5 Å². The number of alkyl halides is 3. The van der Waals surface area contributed by atoms with Gasteiger partial charge in [-0.2, -0.15) is 13.2 Å². The molecule has 0 bridgehead atoms. The van der Waals surface area contributed by atoms with E-state index in [1.54, 1.807) is 6.07 Å². The first-order chi connectivity index (χ1) is 12.4. The number of hydrogen-bond acceptors (Lipinski definition) is 4. The molecule has 26 heavy (non-hydrogen) atoms. The van der Waals surface area contributed by atoms with Gasteiger partial charge < -0.3 is 19.8 Å². The maximum Gasteiger partial charge on any atom is 0.416 e. The van der Waals surface area contributed by atoms with E-state index in [1.807, 2.05) is 0 Å². The molecule has 140 valence electrons. The second-order valence-corrected chi connectivity index (χ2v) is 5.21. The molecule has 9 heteroatoms. The lowest BCUT2D eigenvalue weighted by atomic mass is 10.2. The Morgan fingerprint density at radius 2 is 1.88 bits per heavy atom. The minimum Gasteiger partial charge on any atom is -0.492 e. The highest BCUT2D eigenvalue weighted by atomic mass is 19.4. The molecule has 1 heterocycles. The number of carbonyl (C=O) groups is 2. The van der Waals surface area contributed by atoms with E-state index in [0.717, 1.165) is 12.1 Å². The van der Waals surface area contributed by atoms with Crippen LogP contribution in [0, 0.1) is 0 Å². The average Bonchev–Trinajstić information content (AvgIpc) is 3.13. The molecule has 0 saturated carbocycles. The lowest BCUT2D eigenvalue weighted by Gasteiger charge is -2.11. The van der Waals surface area contributed by atoms with Crippen LogP contribution < -0.4 is 15.4 Å². The maximum atomic E-state index is 12.6. The predicted molar refractivity (Wildman–Crippen MR) is 85.6 cm³/mol. The Balaban J connectivity index is 1.62. The summed E-state index contributed by atoms with van der Waals surface area (Å²) in [7, 11) is 0. The summed E-state index contributed by atoms with van der Waals surface area (Å²) in [5, 5.41) is 5.07. The van der Waals surface area contributed by atoms with E-state index in [4.69, 9.17) is 9.15 Å². The van der Waals surface area contributed by atoms with E-state index in [2.05, 4.69) is 10.6 Å². The molecule has 0 saturated heterocycles. The van der Waals surface area contributed by atoms with Gasteiger partial charge in [-0.05, 0) is 30.3 Å². The molecule has 0 fully saturated rings. The number of furan rings is 1. The molecule has 0 radical (unpaired) electrons. The number of benzene rings is 1. The fourth-order valence-corrected chi connectivity index (χ4v) is 1.99. The van der Waals surface area contributed by atoms with Crippen molar-refractivity contribution in [2.75, 3.05) is 19.7 Å². The zero-order valence-corrected chi connectivity index (χ0v) is 13.6. The number of carbonyl (C=O) groups excluding carboxylic acids is 2. The molecule has 0 atom stereocenters. The molecule has 2 aromatic rings. The highest BCUT2D eigenvalue weighted by Crippen LogP contribution is 2.31. The minimum atomic E-state index is -4.44. The Morgan fingerprint density at radius 1 is 1.08 bits per heavy atom. The van der Waals surface area contributed by atoms with Gasteiger partial charge in [-0.1, -0.05) is 6.07 Å².